The molecule has 4 unspecified atom stereocenters. The minimum absolute atomic E-state index is 0. The van der Waals surface area contributed by atoms with Gasteiger partial charge >= 0.3 is 0 Å². The van der Waals surface area contributed by atoms with Crippen molar-refractivity contribution in [3.8, 4) is 0 Å². The Bertz CT molecular complexity index is 415. The van der Waals surface area contributed by atoms with Crippen LogP contribution in [0.4, 0.5) is 0 Å². The third-order valence-electron chi connectivity index (χ3n) is 6.48. The Kier molecular flexibility index (Phi) is 5.15. The summed E-state index contributed by atoms with van der Waals surface area (Å²) in [5.41, 5.74) is 5.54. The topological polar surface area (TPSA) is 55.6 Å². The largest absolute Gasteiger partial charge is 0.378 e. The zero-order valence-corrected chi connectivity index (χ0v) is 15.0. The van der Waals surface area contributed by atoms with E-state index in [0.717, 1.165) is 24.9 Å². The van der Waals surface area contributed by atoms with Crippen molar-refractivity contribution in [3.63, 3.8) is 0 Å². The van der Waals surface area contributed by atoms with Crippen LogP contribution in [0.2, 0.25) is 0 Å². The number of nitrogens with two attached hydrogens (primary N) is 1. The number of halogens is 1. The number of hydrogen-bond donors (Lipinski definition) is 1. The third kappa shape index (κ3) is 2.57. The Morgan fingerprint density at radius 2 is 1.77 bits per heavy atom. The minimum atomic E-state index is -0.736. The normalized spacial score (nSPS) is 39.6. The van der Waals surface area contributed by atoms with Gasteiger partial charge in [-0.25, -0.2) is 0 Å². The van der Waals surface area contributed by atoms with Crippen molar-refractivity contribution < 1.29 is 9.53 Å². The quantitative estimate of drug-likeness (QED) is 0.865. The molecular formula is C17H31ClN2O2. The zero-order chi connectivity index (χ0) is 15.3. The van der Waals surface area contributed by atoms with Crippen LogP contribution < -0.4 is 5.73 Å². The fraction of sp³-hybridized carbons (Fsp3) is 0.941. The van der Waals surface area contributed by atoms with Gasteiger partial charge in [0.25, 0.3) is 0 Å². The Balaban J connectivity index is 0.00000176. The number of nitrogens with zero attached hydrogens (tertiary/aromatic N) is 1. The van der Waals surface area contributed by atoms with Gasteiger partial charge in [-0.3, -0.25) is 4.79 Å². The highest BCUT2D eigenvalue weighted by molar-refractivity contribution is 5.89. The molecule has 2 N–H and O–H groups in total. The van der Waals surface area contributed by atoms with Crippen molar-refractivity contribution in [3.05, 3.63) is 0 Å². The van der Waals surface area contributed by atoms with Crippen molar-refractivity contribution in [1.29, 1.82) is 0 Å². The molecule has 22 heavy (non-hydrogen) atoms. The smallest absolute Gasteiger partial charge is 0.243 e. The number of carbonyl (C=O) groups excluding carboxylic acids is 1. The monoisotopic (exact) mass is 330 g/mol. The lowest BCUT2D eigenvalue weighted by Crippen LogP contribution is -2.75. The molecule has 0 aromatic carbocycles. The van der Waals surface area contributed by atoms with Crippen molar-refractivity contribution in [2.75, 3.05) is 19.7 Å². The van der Waals surface area contributed by atoms with E-state index in [-0.39, 0.29) is 29.8 Å². The summed E-state index contributed by atoms with van der Waals surface area (Å²) in [7, 11) is 0. The van der Waals surface area contributed by atoms with Gasteiger partial charge in [-0.2, -0.15) is 0 Å². The molecule has 5 heteroatoms. The summed E-state index contributed by atoms with van der Waals surface area (Å²) in [6.45, 7) is 8.71. The highest BCUT2D eigenvalue weighted by Crippen LogP contribution is 2.51. The van der Waals surface area contributed by atoms with Gasteiger partial charge in [0.2, 0.25) is 5.91 Å². The molecule has 1 saturated heterocycles. The van der Waals surface area contributed by atoms with Gasteiger partial charge in [0, 0.05) is 31.5 Å². The number of likely N-dealkylation sites (tertiary alicyclic amines) is 1. The van der Waals surface area contributed by atoms with Crippen molar-refractivity contribution in [2.24, 2.45) is 23.0 Å². The molecule has 2 aliphatic carbocycles. The standard InChI is InChI=1S/C17H30N2O2.ClH/c1-4-21-14-9-17(18,16(14,2)3)15(20)19-10-12-7-5-6-8-13(12)11-19;/h12-14H,4-11,18H2,1-3H3;1H. The van der Waals surface area contributed by atoms with Crippen LogP contribution in [0.15, 0.2) is 0 Å². The number of rotatable bonds is 3. The second kappa shape index (κ2) is 6.29. The zero-order valence-electron chi connectivity index (χ0n) is 14.1. The summed E-state index contributed by atoms with van der Waals surface area (Å²) in [5.74, 6) is 1.60. The summed E-state index contributed by atoms with van der Waals surface area (Å²) in [6, 6.07) is 0. The molecule has 0 aromatic rings. The van der Waals surface area contributed by atoms with Crippen LogP contribution in [0, 0.1) is 17.3 Å². The van der Waals surface area contributed by atoms with Crippen LogP contribution >= 0.6 is 12.4 Å². The Labute approximate surface area is 140 Å². The van der Waals surface area contributed by atoms with Crippen LogP contribution in [0.1, 0.15) is 52.9 Å². The fourth-order valence-corrected chi connectivity index (χ4v) is 4.65. The molecule has 0 aromatic heterocycles. The molecule has 0 bridgehead atoms. The van der Waals surface area contributed by atoms with E-state index in [1.165, 1.54) is 25.7 Å². The maximum atomic E-state index is 13.0. The molecule has 4 nitrogen and oxygen atoms in total. The second-order valence-corrected chi connectivity index (χ2v) is 7.86. The van der Waals surface area contributed by atoms with Gasteiger partial charge in [-0.05, 0) is 31.6 Å². The summed E-state index contributed by atoms with van der Waals surface area (Å²) in [6.07, 6.45) is 6.01. The van der Waals surface area contributed by atoms with E-state index in [1.807, 2.05) is 6.92 Å². The molecule has 128 valence electrons. The highest BCUT2D eigenvalue weighted by Gasteiger charge is 2.64. The summed E-state index contributed by atoms with van der Waals surface area (Å²) >= 11 is 0. The lowest BCUT2D eigenvalue weighted by Gasteiger charge is -2.58. The lowest BCUT2D eigenvalue weighted by atomic mass is 9.54. The number of amides is 1. The van der Waals surface area contributed by atoms with E-state index in [2.05, 4.69) is 18.7 Å². The Hall–Kier alpha value is -0.320. The summed E-state index contributed by atoms with van der Waals surface area (Å²) in [4.78, 5) is 15.1. The molecule has 3 fully saturated rings. The van der Waals surface area contributed by atoms with Crippen LogP contribution in [-0.2, 0) is 9.53 Å². The maximum Gasteiger partial charge on any atom is 0.243 e. The third-order valence-corrected chi connectivity index (χ3v) is 6.48. The van der Waals surface area contributed by atoms with Gasteiger partial charge in [-0.15, -0.1) is 12.4 Å². The number of hydrogen-bond acceptors (Lipinski definition) is 3. The van der Waals surface area contributed by atoms with Crippen molar-refractivity contribution in [2.45, 2.75) is 64.5 Å². The average Bonchev–Trinajstić information content (AvgIpc) is 2.89. The molecule has 3 rings (SSSR count). The van der Waals surface area contributed by atoms with Gasteiger partial charge in [0.15, 0.2) is 0 Å². The van der Waals surface area contributed by atoms with Gasteiger partial charge < -0.3 is 15.4 Å². The summed E-state index contributed by atoms with van der Waals surface area (Å²) in [5, 5.41) is 0. The molecule has 2 saturated carbocycles. The molecule has 1 heterocycles. The van der Waals surface area contributed by atoms with Gasteiger partial charge in [0.1, 0.15) is 5.54 Å². The maximum absolute atomic E-state index is 13.0. The van der Waals surface area contributed by atoms with E-state index in [0.29, 0.717) is 13.0 Å². The first kappa shape index (κ1) is 18.0. The number of fused-ring (bicyclic) bond motifs is 1. The van der Waals surface area contributed by atoms with E-state index in [4.69, 9.17) is 10.5 Å². The van der Waals surface area contributed by atoms with Crippen LogP contribution in [-0.4, -0.2) is 42.1 Å². The molecule has 1 amide bonds. The van der Waals surface area contributed by atoms with E-state index in [9.17, 15) is 4.79 Å². The van der Waals surface area contributed by atoms with E-state index in [1.54, 1.807) is 0 Å². The Morgan fingerprint density at radius 1 is 1.23 bits per heavy atom. The molecule has 0 spiro atoms. The van der Waals surface area contributed by atoms with E-state index < -0.39 is 5.54 Å². The fourth-order valence-electron chi connectivity index (χ4n) is 4.65. The van der Waals surface area contributed by atoms with Crippen LogP contribution in [0.25, 0.3) is 0 Å². The predicted molar refractivity (Wildman–Crippen MR) is 90.0 cm³/mol. The number of carbonyl (C=O) groups is 1. The molecule has 1 aliphatic heterocycles. The molecule has 4 atom stereocenters. The second-order valence-electron chi connectivity index (χ2n) is 7.86. The lowest BCUT2D eigenvalue weighted by molar-refractivity contribution is -0.178. The summed E-state index contributed by atoms with van der Waals surface area (Å²) < 4.78 is 5.75. The van der Waals surface area contributed by atoms with Crippen LogP contribution in [0.5, 0.6) is 0 Å². The highest BCUT2D eigenvalue weighted by atomic mass is 35.5. The first-order valence-electron chi connectivity index (χ1n) is 8.60. The van der Waals surface area contributed by atoms with Gasteiger partial charge in [-0.1, -0.05) is 26.7 Å². The first-order valence-corrected chi connectivity index (χ1v) is 8.60. The minimum Gasteiger partial charge on any atom is -0.378 e. The first-order chi connectivity index (χ1) is 9.90. The van der Waals surface area contributed by atoms with Crippen LogP contribution in [0.3, 0.4) is 0 Å². The molecule has 0 radical (unpaired) electrons. The van der Waals surface area contributed by atoms with Crippen molar-refractivity contribution in [1.82, 2.24) is 4.90 Å². The van der Waals surface area contributed by atoms with Crippen molar-refractivity contribution >= 4 is 18.3 Å². The number of ether oxygens (including phenoxy) is 1. The molecular weight excluding hydrogens is 300 g/mol. The average molecular weight is 331 g/mol. The SMILES string of the molecule is CCOC1CC(N)(C(=O)N2CC3CCCCC3C2)C1(C)C.Cl. The van der Waals surface area contributed by atoms with Gasteiger partial charge in [0.05, 0.1) is 6.10 Å². The molecule has 3 aliphatic rings. The predicted octanol–water partition coefficient (Wildman–Crippen LogP) is 2.59. The Morgan fingerprint density at radius 3 is 2.23 bits per heavy atom. The van der Waals surface area contributed by atoms with E-state index >= 15 is 0 Å².